The number of sulfonamides is 1. The first kappa shape index (κ1) is 20.6. The number of hydrogen-bond donors (Lipinski definition) is 2. The van der Waals surface area contributed by atoms with Gasteiger partial charge in [-0.05, 0) is 54.8 Å². The largest absolute Gasteiger partial charge is 0.508 e. The lowest BCUT2D eigenvalue weighted by molar-refractivity contribution is 0.346. The third-order valence-corrected chi connectivity index (χ3v) is 7.64. The molecule has 0 unspecified atom stereocenters. The van der Waals surface area contributed by atoms with Gasteiger partial charge in [0.25, 0.3) is 0 Å². The van der Waals surface area contributed by atoms with E-state index in [2.05, 4.69) is 10.3 Å². The average molecular weight is 442 g/mol. The van der Waals surface area contributed by atoms with Gasteiger partial charge in [0.15, 0.2) is 5.13 Å². The lowest BCUT2D eigenvalue weighted by Gasteiger charge is -2.26. The van der Waals surface area contributed by atoms with Crippen molar-refractivity contribution >= 4 is 44.3 Å². The van der Waals surface area contributed by atoms with Gasteiger partial charge < -0.3 is 10.4 Å². The van der Waals surface area contributed by atoms with Crippen molar-refractivity contribution in [2.45, 2.75) is 24.2 Å². The zero-order chi connectivity index (χ0) is 21.0. The number of nitrogens with one attached hydrogen (secondary N) is 1. The summed E-state index contributed by atoms with van der Waals surface area (Å²) >= 11 is 1.46. The zero-order valence-corrected chi connectivity index (χ0v) is 18.0. The molecular formula is C22H23N3O3S2. The van der Waals surface area contributed by atoms with Crippen LogP contribution in [0.5, 0.6) is 5.75 Å². The van der Waals surface area contributed by atoms with Crippen molar-refractivity contribution in [1.82, 2.24) is 9.29 Å². The maximum atomic E-state index is 12.9. The van der Waals surface area contributed by atoms with Crippen molar-refractivity contribution in [3.63, 3.8) is 0 Å². The molecule has 0 bridgehead atoms. The first-order chi connectivity index (χ1) is 14.5. The first-order valence-electron chi connectivity index (χ1n) is 9.81. The summed E-state index contributed by atoms with van der Waals surface area (Å²) in [6.45, 7) is 1.17. The number of nitrogens with zero attached hydrogens (tertiary/aromatic N) is 2. The molecule has 2 N–H and O–H groups in total. The highest BCUT2D eigenvalue weighted by atomic mass is 32.2. The quantitative estimate of drug-likeness (QED) is 0.566. The van der Waals surface area contributed by atoms with E-state index in [0.29, 0.717) is 28.8 Å². The predicted octanol–water partition coefficient (Wildman–Crippen LogP) is 4.94. The number of aromatic hydroxyl groups is 1. The van der Waals surface area contributed by atoms with Crippen LogP contribution < -0.4 is 5.32 Å². The molecule has 8 heteroatoms. The highest BCUT2D eigenvalue weighted by Gasteiger charge is 2.26. The Hall–Kier alpha value is -2.68. The third kappa shape index (κ3) is 4.89. The van der Waals surface area contributed by atoms with Gasteiger partial charge >= 0.3 is 0 Å². The molecule has 1 aromatic heterocycles. The van der Waals surface area contributed by atoms with Gasteiger partial charge in [-0.25, -0.2) is 13.4 Å². The number of hydrogen-bond acceptors (Lipinski definition) is 6. The minimum Gasteiger partial charge on any atom is -0.508 e. The summed E-state index contributed by atoms with van der Waals surface area (Å²) in [7, 11) is -3.47. The van der Waals surface area contributed by atoms with Crippen LogP contribution in [0.1, 0.15) is 29.7 Å². The summed E-state index contributed by atoms with van der Waals surface area (Å²) in [4.78, 5) is 5.61. The monoisotopic (exact) mass is 441 g/mol. The van der Waals surface area contributed by atoms with E-state index >= 15 is 0 Å². The molecule has 0 radical (unpaired) electrons. The van der Waals surface area contributed by atoms with Crippen LogP contribution in [0.25, 0.3) is 12.2 Å². The van der Waals surface area contributed by atoms with Crippen LogP contribution in [0.4, 0.5) is 10.8 Å². The summed E-state index contributed by atoms with van der Waals surface area (Å²) < 4.78 is 27.4. The Labute approximate surface area is 180 Å². The van der Waals surface area contributed by atoms with Gasteiger partial charge in [0.05, 0.1) is 4.90 Å². The van der Waals surface area contributed by atoms with Crippen LogP contribution in [0.3, 0.4) is 0 Å². The summed E-state index contributed by atoms with van der Waals surface area (Å²) in [5.41, 5.74) is 1.58. The number of benzene rings is 2. The van der Waals surface area contributed by atoms with E-state index < -0.39 is 10.0 Å². The number of rotatable bonds is 6. The van der Waals surface area contributed by atoms with Crippen molar-refractivity contribution in [2.75, 3.05) is 18.4 Å². The Bertz CT molecular complexity index is 1150. The van der Waals surface area contributed by atoms with Crippen LogP contribution >= 0.6 is 11.3 Å². The second-order valence-corrected chi connectivity index (χ2v) is 10.1. The smallest absolute Gasteiger partial charge is 0.243 e. The number of anilines is 2. The SMILES string of the molecule is O=S(=O)(c1cccc(Nc2ncc(/C=C/c3cccc(O)c3)s2)c1)N1CCCCC1. The number of aromatic nitrogens is 1. The van der Waals surface area contributed by atoms with Crippen molar-refractivity contribution in [3.8, 4) is 5.75 Å². The second kappa shape index (κ2) is 8.99. The minimum absolute atomic E-state index is 0.225. The lowest BCUT2D eigenvalue weighted by atomic mass is 10.2. The highest BCUT2D eigenvalue weighted by Crippen LogP contribution is 2.27. The Morgan fingerprint density at radius 2 is 1.83 bits per heavy atom. The van der Waals surface area contributed by atoms with Crippen LogP contribution in [0, 0.1) is 0 Å². The number of thiazole rings is 1. The van der Waals surface area contributed by atoms with Crippen LogP contribution in [0.15, 0.2) is 59.6 Å². The van der Waals surface area contributed by atoms with Crippen LogP contribution in [-0.4, -0.2) is 35.9 Å². The molecule has 0 saturated carbocycles. The fraction of sp³-hybridized carbons (Fsp3) is 0.227. The van der Waals surface area contributed by atoms with Gasteiger partial charge in [-0.1, -0.05) is 42.0 Å². The van der Waals surface area contributed by atoms with E-state index in [-0.39, 0.29) is 5.75 Å². The number of piperidine rings is 1. The van der Waals surface area contributed by atoms with E-state index in [9.17, 15) is 13.5 Å². The zero-order valence-electron chi connectivity index (χ0n) is 16.4. The fourth-order valence-corrected chi connectivity index (χ4v) is 5.64. The molecule has 4 rings (SSSR count). The molecule has 0 atom stereocenters. The molecule has 0 amide bonds. The molecule has 1 saturated heterocycles. The molecular weight excluding hydrogens is 418 g/mol. The minimum atomic E-state index is -3.47. The summed E-state index contributed by atoms with van der Waals surface area (Å²) in [6, 6.07) is 13.9. The van der Waals surface area contributed by atoms with E-state index in [1.807, 2.05) is 24.3 Å². The molecule has 6 nitrogen and oxygen atoms in total. The van der Waals surface area contributed by atoms with Crippen LogP contribution in [0.2, 0.25) is 0 Å². The Morgan fingerprint density at radius 3 is 2.63 bits per heavy atom. The fourth-order valence-electron chi connectivity index (χ4n) is 3.34. The number of phenols is 1. The standard InChI is InChI=1S/C22H23N3O3S2/c26-19-8-4-6-17(14-19)10-11-20-16-23-22(29-20)24-18-7-5-9-21(15-18)30(27,28)25-12-2-1-3-13-25/h4-11,14-16,26H,1-3,12-13H2,(H,23,24)/b11-10+. The van der Waals surface area contributed by atoms with Gasteiger partial charge in [0.2, 0.25) is 10.0 Å². The normalized spacial score (nSPS) is 15.5. The lowest BCUT2D eigenvalue weighted by Crippen LogP contribution is -2.35. The summed E-state index contributed by atoms with van der Waals surface area (Å²) in [5, 5.41) is 13.4. The van der Waals surface area contributed by atoms with Crippen molar-refractivity contribution in [3.05, 3.63) is 65.2 Å². The summed E-state index contributed by atoms with van der Waals surface area (Å²) in [6.07, 6.45) is 8.49. The van der Waals surface area contributed by atoms with Gasteiger partial charge in [-0.15, -0.1) is 0 Å². The molecule has 3 aromatic rings. The Kier molecular flexibility index (Phi) is 6.17. The Morgan fingerprint density at radius 1 is 1.03 bits per heavy atom. The molecule has 30 heavy (non-hydrogen) atoms. The maximum absolute atomic E-state index is 12.9. The van der Waals surface area contributed by atoms with Gasteiger partial charge in [0.1, 0.15) is 5.75 Å². The van der Waals surface area contributed by atoms with Gasteiger partial charge in [-0.2, -0.15) is 4.31 Å². The average Bonchev–Trinajstić information content (AvgIpc) is 3.20. The molecule has 1 aliphatic rings. The number of phenolic OH excluding ortho intramolecular Hbond substituents is 1. The van der Waals surface area contributed by atoms with Crippen molar-refractivity contribution in [1.29, 1.82) is 0 Å². The van der Waals surface area contributed by atoms with E-state index in [4.69, 9.17) is 0 Å². The molecule has 2 aromatic carbocycles. The van der Waals surface area contributed by atoms with E-state index in [0.717, 1.165) is 29.7 Å². The Balaban J connectivity index is 1.47. The van der Waals surface area contributed by atoms with E-state index in [1.165, 1.54) is 11.3 Å². The molecule has 2 heterocycles. The van der Waals surface area contributed by atoms with Crippen LogP contribution in [-0.2, 0) is 10.0 Å². The predicted molar refractivity (Wildman–Crippen MR) is 121 cm³/mol. The molecule has 0 spiro atoms. The molecule has 0 aliphatic carbocycles. The van der Waals surface area contributed by atoms with E-state index in [1.54, 1.807) is 46.9 Å². The second-order valence-electron chi connectivity index (χ2n) is 7.11. The topological polar surface area (TPSA) is 82.5 Å². The summed E-state index contributed by atoms with van der Waals surface area (Å²) in [5.74, 6) is 0.225. The van der Waals surface area contributed by atoms with Crippen molar-refractivity contribution < 1.29 is 13.5 Å². The van der Waals surface area contributed by atoms with Crippen molar-refractivity contribution in [2.24, 2.45) is 0 Å². The maximum Gasteiger partial charge on any atom is 0.243 e. The highest BCUT2D eigenvalue weighted by molar-refractivity contribution is 7.89. The third-order valence-electron chi connectivity index (χ3n) is 4.87. The molecule has 1 aliphatic heterocycles. The van der Waals surface area contributed by atoms with Gasteiger partial charge in [-0.3, -0.25) is 0 Å². The molecule has 156 valence electrons. The van der Waals surface area contributed by atoms with Gasteiger partial charge in [0, 0.05) is 29.9 Å². The molecule has 1 fully saturated rings. The first-order valence-corrected chi connectivity index (χ1v) is 12.1.